The highest BCUT2D eigenvalue weighted by Gasteiger charge is 2.18. The predicted molar refractivity (Wildman–Crippen MR) is 43.6 cm³/mol. The molecule has 0 aromatic carbocycles. The Kier molecular flexibility index (Phi) is 3.43. The first-order chi connectivity index (χ1) is 4.50. The van der Waals surface area contributed by atoms with Crippen LogP contribution in [0.1, 0.15) is 20.3 Å². The Hall–Kier alpha value is -0.500. The lowest BCUT2D eigenvalue weighted by Crippen LogP contribution is -2.21. The molecule has 0 rings (SSSR count). The molecule has 0 bridgehead atoms. The van der Waals surface area contributed by atoms with Gasteiger partial charge in [0.2, 0.25) is 0 Å². The number of methoxy groups -OCH3 is 1. The zero-order valence-corrected chi connectivity index (χ0v) is 7.11. The summed E-state index contributed by atoms with van der Waals surface area (Å²) < 4.78 is 4.93. The molecule has 0 spiro atoms. The van der Waals surface area contributed by atoms with Gasteiger partial charge in [0.1, 0.15) is 0 Å². The van der Waals surface area contributed by atoms with Crippen LogP contribution in [0.5, 0.6) is 0 Å². The molecular formula is C8H17NO. The minimum atomic E-state index is 0.00993. The predicted octanol–water partition coefficient (Wildman–Crippen LogP) is 1.52. The van der Waals surface area contributed by atoms with E-state index in [4.69, 9.17) is 10.5 Å². The molecule has 2 heteroatoms. The van der Waals surface area contributed by atoms with E-state index in [9.17, 15) is 0 Å². The minimum Gasteiger partial charge on any atom is -0.402 e. The van der Waals surface area contributed by atoms with Gasteiger partial charge >= 0.3 is 0 Å². The largest absolute Gasteiger partial charge is 0.402 e. The lowest BCUT2D eigenvalue weighted by Gasteiger charge is -2.23. The van der Waals surface area contributed by atoms with Crippen LogP contribution in [0.4, 0.5) is 0 Å². The van der Waals surface area contributed by atoms with Gasteiger partial charge in [0.25, 0.3) is 0 Å². The van der Waals surface area contributed by atoms with Crippen molar-refractivity contribution in [3.8, 4) is 0 Å². The molecule has 0 aromatic heterocycles. The van der Waals surface area contributed by atoms with Crippen molar-refractivity contribution in [2.75, 3.05) is 13.7 Å². The molecule has 0 aromatic rings. The summed E-state index contributed by atoms with van der Waals surface area (Å²) in [4.78, 5) is 0. The SMILES string of the molecule is C=C(N)C(C)(C)CCOC. The number of ether oxygens (including phenoxy) is 1. The maximum Gasteiger partial charge on any atom is 0.0471 e. The fraction of sp³-hybridized carbons (Fsp3) is 0.750. The van der Waals surface area contributed by atoms with Gasteiger partial charge in [0, 0.05) is 24.8 Å². The Morgan fingerprint density at radius 3 is 2.40 bits per heavy atom. The second kappa shape index (κ2) is 3.62. The van der Waals surface area contributed by atoms with Crippen molar-refractivity contribution in [1.82, 2.24) is 0 Å². The second-order valence-corrected chi connectivity index (χ2v) is 3.15. The zero-order valence-electron chi connectivity index (χ0n) is 7.11. The van der Waals surface area contributed by atoms with E-state index >= 15 is 0 Å². The van der Waals surface area contributed by atoms with Crippen LogP contribution in [0.25, 0.3) is 0 Å². The summed E-state index contributed by atoms with van der Waals surface area (Å²) in [5.74, 6) is 0. The quantitative estimate of drug-likeness (QED) is 0.647. The van der Waals surface area contributed by atoms with Crippen molar-refractivity contribution in [1.29, 1.82) is 0 Å². The normalized spacial score (nSPS) is 11.5. The second-order valence-electron chi connectivity index (χ2n) is 3.15. The van der Waals surface area contributed by atoms with E-state index in [0.29, 0.717) is 0 Å². The van der Waals surface area contributed by atoms with Crippen molar-refractivity contribution < 1.29 is 4.74 Å². The number of nitrogens with two attached hydrogens (primary N) is 1. The van der Waals surface area contributed by atoms with Gasteiger partial charge in [-0.1, -0.05) is 20.4 Å². The summed E-state index contributed by atoms with van der Waals surface area (Å²) in [6.45, 7) is 8.57. The average Bonchev–Trinajstić information content (AvgIpc) is 1.84. The summed E-state index contributed by atoms with van der Waals surface area (Å²) in [6.07, 6.45) is 0.929. The molecule has 0 amide bonds. The first kappa shape index (κ1) is 9.50. The molecule has 2 nitrogen and oxygen atoms in total. The lowest BCUT2D eigenvalue weighted by molar-refractivity contribution is 0.164. The van der Waals surface area contributed by atoms with Crippen molar-refractivity contribution in [3.63, 3.8) is 0 Å². The zero-order chi connectivity index (χ0) is 8.20. The van der Waals surface area contributed by atoms with Gasteiger partial charge in [0.15, 0.2) is 0 Å². The van der Waals surface area contributed by atoms with E-state index in [1.165, 1.54) is 0 Å². The third-order valence-electron chi connectivity index (χ3n) is 1.80. The van der Waals surface area contributed by atoms with Crippen LogP contribution in [0.2, 0.25) is 0 Å². The van der Waals surface area contributed by atoms with E-state index < -0.39 is 0 Å². The van der Waals surface area contributed by atoms with Gasteiger partial charge in [-0.3, -0.25) is 0 Å². The molecule has 0 aliphatic heterocycles. The highest BCUT2D eigenvalue weighted by atomic mass is 16.5. The number of hydrogen-bond donors (Lipinski definition) is 1. The molecular weight excluding hydrogens is 126 g/mol. The maximum atomic E-state index is 5.56. The number of rotatable bonds is 4. The van der Waals surface area contributed by atoms with Gasteiger partial charge in [-0.25, -0.2) is 0 Å². The summed E-state index contributed by atoms with van der Waals surface area (Å²) in [6, 6.07) is 0. The fourth-order valence-corrected chi connectivity index (χ4v) is 0.518. The van der Waals surface area contributed by atoms with E-state index in [0.717, 1.165) is 18.7 Å². The molecule has 60 valence electrons. The van der Waals surface area contributed by atoms with E-state index in [1.807, 2.05) is 0 Å². The monoisotopic (exact) mass is 143 g/mol. The van der Waals surface area contributed by atoms with Crippen molar-refractivity contribution in [2.45, 2.75) is 20.3 Å². The Bertz CT molecular complexity index is 118. The Morgan fingerprint density at radius 1 is 1.60 bits per heavy atom. The molecule has 10 heavy (non-hydrogen) atoms. The molecule has 0 atom stereocenters. The molecule has 2 N–H and O–H groups in total. The fourth-order valence-electron chi connectivity index (χ4n) is 0.518. The Morgan fingerprint density at radius 2 is 2.10 bits per heavy atom. The molecule has 0 saturated heterocycles. The highest BCUT2D eigenvalue weighted by Crippen LogP contribution is 2.24. The van der Waals surface area contributed by atoms with Crippen LogP contribution < -0.4 is 5.73 Å². The van der Waals surface area contributed by atoms with Gasteiger partial charge in [-0.2, -0.15) is 0 Å². The molecule has 0 saturated carbocycles. The molecule has 0 aliphatic rings. The maximum absolute atomic E-state index is 5.56. The third-order valence-corrected chi connectivity index (χ3v) is 1.80. The van der Waals surface area contributed by atoms with Gasteiger partial charge < -0.3 is 10.5 Å². The molecule has 0 unspecified atom stereocenters. The third kappa shape index (κ3) is 2.87. The van der Waals surface area contributed by atoms with Gasteiger partial charge in [0.05, 0.1) is 0 Å². The Labute approximate surface area is 63.1 Å². The van der Waals surface area contributed by atoms with Crippen molar-refractivity contribution in [2.24, 2.45) is 11.1 Å². The van der Waals surface area contributed by atoms with E-state index in [-0.39, 0.29) is 5.41 Å². The Balaban J connectivity index is 3.75. The van der Waals surface area contributed by atoms with E-state index in [2.05, 4.69) is 20.4 Å². The summed E-state index contributed by atoms with van der Waals surface area (Å²) in [5.41, 5.74) is 6.30. The van der Waals surface area contributed by atoms with Crippen LogP contribution in [0.3, 0.4) is 0 Å². The van der Waals surface area contributed by atoms with Gasteiger partial charge in [-0.05, 0) is 6.42 Å². The van der Waals surface area contributed by atoms with Crippen LogP contribution >= 0.6 is 0 Å². The molecule has 0 aliphatic carbocycles. The topological polar surface area (TPSA) is 35.2 Å². The average molecular weight is 143 g/mol. The molecule has 0 radical (unpaired) electrons. The van der Waals surface area contributed by atoms with Gasteiger partial charge in [-0.15, -0.1) is 0 Å². The van der Waals surface area contributed by atoms with Crippen LogP contribution in [0, 0.1) is 5.41 Å². The smallest absolute Gasteiger partial charge is 0.0471 e. The standard InChI is InChI=1S/C8H17NO/c1-7(9)8(2,3)5-6-10-4/h1,5-6,9H2,2-4H3. The number of hydrogen-bond acceptors (Lipinski definition) is 2. The van der Waals surface area contributed by atoms with Crippen molar-refractivity contribution in [3.05, 3.63) is 12.3 Å². The van der Waals surface area contributed by atoms with E-state index in [1.54, 1.807) is 7.11 Å². The van der Waals surface area contributed by atoms with Crippen LogP contribution in [-0.4, -0.2) is 13.7 Å². The molecule has 0 heterocycles. The summed E-state index contributed by atoms with van der Waals surface area (Å²) in [7, 11) is 1.69. The first-order valence-corrected chi connectivity index (χ1v) is 3.44. The summed E-state index contributed by atoms with van der Waals surface area (Å²) in [5, 5.41) is 0. The van der Waals surface area contributed by atoms with Crippen molar-refractivity contribution >= 4 is 0 Å². The molecule has 0 fully saturated rings. The highest BCUT2D eigenvalue weighted by molar-refractivity contribution is 5.01. The first-order valence-electron chi connectivity index (χ1n) is 3.44. The number of allylic oxidation sites excluding steroid dienone is 1. The minimum absolute atomic E-state index is 0.00993. The van der Waals surface area contributed by atoms with Crippen LogP contribution in [0.15, 0.2) is 12.3 Å². The lowest BCUT2D eigenvalue weighted by atomic mass is 9.87. The summed E-state index contributed by atoms with van der Waals surface area (Å²) >= 11 is 0. The van der Waals surface area contributed by atoms with Crippen LogP contribution in [-0.2, 0) is 4.74 Å².